The van der Waals surface area contributed by atoms with E-state index < -0.39 is 5.37 Å². The van der Waals surface area contributed by atoms with Gasteiger partial charge in [0.05, 0.1) is 5.69 Å². The zero-order valence-electron chi connectivity index (χ0n) is 13.3. The van der Waals surface area contributed by atoms with Crippen molar-refractivity contribution >= 4 is 34.3 Å². The highest BCUT2D eigenvalue weighted by Gasteiger charge is 2.40. The van der Waals surface area contributed by atoms with E-state index >= 15 is 0 Å². The first-order chi connectivity index (χ1) is 11.0. The Bertz CT molecular complexity index is 788. The van der Waals surface area contributed by atoms with Gasteiger partial charge in [-0.15, -0.1) is 0 Å². The van der Waals surface area contributed by atoms with Crippen LogP contribution in [-0.4, -0.2) is 16.5 Å². The molecule has 1 heterocycles. The van der Waals surface area contributed by atoms with Crippen molar-refractivity contribution in [3.63, 3.8) is 0 Å². The van der Waals surface area contributed by atoms with Gasteiger partial charge in [0.1, 0.15) is 0 Å². The first-order valence-electron chi connectivity index (χ1n) is 7.41. The van der Waals surface area contributed by atoms with Crippen molar-refractivity contribution in [2.75, 3.05) is 10.2 Å². The van der Waals surface area contributed by atoms with Gasteiger partial charge in [0.15, 0.2) is 5.37 Å². The number of imide groups is 1. The zero-order chi connectivity index (χ0) is 16.6. The summed E-state index contributed by atoms with van der Waals surface area (Å²) < 4.78 is 0. The number of anilines is 2. The molecule has 0 aliphatic carbocycles. The Kier molecular flexibility index (Phi) is 4.13. The second-order valence-corrected chi connectivity index (χ2v) is 6.78. The molecule has 1 atom stereocenters. The first-order valence-corrected chi connectivity index (χ1v) is 8.29. The van der Waals surface area contributed by atoms with Gasteiger partial charge in [0, 0.05) is 5.69 Å². The lowest BCUT2D eigenvalue weighted by atomic mass is 10.1. The molecule has 5 heteroatoms. The number of hydrogen-bond donors (Lipinski definition) is 1. The van der Waals surface area contributed by atoms with E-state index in [1.165, 1.54) is 4.90 Å². The van der Waals surface area contributed by atoms with Crippen LogP contribution in [0.25, 0.3) is 0 Å². The molecule has 0 bridgehead atoms. The molecule has 23 heavy (non-hydrogen) atoms. The van der Waals surface area contributed by atoms with Crippen LogP contribution in [0.5, 0.6) is 0 Å². The van der Waals surface area contributed by atoms with E-state index in [0.29, 0.717) is 5.69 Å². The van der Waals surface area contributed by atoms with Crippen molar-refractivity contribution in [3.05, 3.63) is 59.2 Å². The Labute approximate surface area is 139 Å². The number of hydrogen-bond acceptors (Lipinski definition) is 4. The highest BCUT2D eigenvalue weighted by atomic mass is 32.2. The van der Waals surface area contributed by atoms with Crippen LogP contribution < -0.4 is 10.2 Å². The Hall–Kier alpha value is -2.27. The van der Waals surface area contributed by atoms with E-state index in [0.717, 1.165) is 34.1 Å². The Morgan fingerprint density at radius 2 is 1.78 bits per heavy atom. The lowest BCUT2D eigenvalue weighted by Gasteiger charge is -2.16. The fraction of sp³-hybridized carbons (Fsp3) is 0.222. The molecule has 0 radical (unpaired) electrons. The van der Waals surface area contributed by atoms with Gasteiger partial charge in [-0.1, -0.05) is 18.2 Å². The fourth-order valence-corrected chi connectivity index (χ4v) is 3.39. The third-order valence-electron chi connectivity index (χ3n) is 3.91. The maximum Gasteiger partial charge on any atom is 0.295 e. The third-order valence-corrected chi connectivity index (χ3v) is 4.85. The summed E-state index contributed by atoms with van der Waals surface area (Å²) in [6, 6.07) is 13.4. The van der Waals surface area contributed by atoms with Crippen molar-refractivity contribution < 1.29 is 9.59 Å². The molecular weight excluding hydrogens is 308 g/mol. The normalized spacial score (nSPS) is 17.7. The summed E-state index contributed by atoms with van der Waals surface area (Å²) in [5.74, 6) is -0.232. The number of nitrogens with zero attached hydrogens (tertiary/aromatic N) is 1. The minimum Gasteiger partial charge on any atom is -0.365 e. The number of nitrogens with one attached hydrogen (secondary N) is 1. The molecule has 1 N–H and O–H groups in total. The number of aryl methyl sites for hydroxylation is 3. The van der Waals surface area contributed by atoms with Gasteiger partial charge in [0.25, 0.3) is 11.1 Å². The van der Waals surface area contributed by atoms with Gasteiger partial charge in [-0.2, -0.15) is 0 Å². The molecule has 1 saturated heterocycles. The van der Waals surface area contributed by atoms with Crippen molar-refractivity contribution in [3.8, 4) is 0 Å². The maximum atomic E-state index is 12.6. The molecule has 118 valence electrons. The zero-order valence-corrected chi connectivity index (χ0v) is 14.1. The van der Waals surface area contributed by atoms with Gasteiger partial charge < -0.3 is 5.32 Å². The van der Waals surface area contributed by atoms with E-state index in [-0.39, 0.29) is 11.1 Å². The number of rotatable bonds is 3. The third kappa shape index (κ3) is 3.10. The van der Waals surface area contributed by atoms with Crippen molar-refractivity contribution in [1.82, 2.24) is 0 Å². The first kappa shape index (κ1) is 15.6. The molecule has 0 saturated carbocycles. The summed E-state index contributed by atoms with van der Waals surface area (Å²) in [7, 11) is 0. The minimum atomic E-state index is -0.592. The summed E-state index contributed by atoms with van der Waals surface area (Å²) in [6.07, 6.45) is 0. The highest BCUT2D eigenvalue weighted by molar-refractivity contribution is 8.16. The Morgan fingerprint density at radius 1 is 1.00 bits per heavy atom. The van der Waals surface area contributed by atoms with Crippen LogP contribution in [-0.2, 0) is 4.79 Å². The number of benzene rings is 2. The number of amides is 2. The van der Waals surface area contributed by atoms with Gasteiger partial charge in [0.2, 0.25) is 0 Å². The molecule has 1 aliphatic heterocycles. The van der Waals surface area contributed by atoms with Crippen LogP contribution >= 0.6 is 11.8 Å². The smallest absolute Gasteiger partial charge is 0.295 e. The van der Waals surface area contributed by atoms with Crippen LogP contribution in [0, 0.1) is 20.8 Å². The number of thioether (sulfide) groups is 1. The summed E-state index contributed by atoms with van der Waals surface area (Å²) in [5, 5.41) is 2.30. The van der Waals surface area contributed by atoms with Crippen molar-refractivity contribution in [2.24, 2.45) is 0 Å². The van der Waals surface area contributed by atoms with E-state index in [2.05, 4.69) is 5.32 Å². The minimum absolute atomic E-state index is 0.232. The van der Waals surface area contributed by atoms with E-state index in [1.54, 1.807) is 0 Å². The van der Waals surface area contributed by atoms with Gasteiger partial charge >= 0.3 is 0 Å². The molecule has 3 rings (SSSR count). The van der Waals surface area contributed by atoms with Crippen molar-refractivity contribution in [2.45, 2.75) is 26.1 Å². The van der Waals surface area contributed by atoms with Crippen LogP contribution in [0.4, 0.5) is 16.2 Å². The SMILES string of the molecule is Cc1cccc(NC2SC(=O)N(c3ccc(C)c(C)c3)C2=O)c1. The van der Waals surface area contributed by atoms with Crippen LogP contribution in [0.2, 0.25) is 0 Å². The maximum absolute atomic E-state index is 12.6. The Morgan fingerprint density at radius 3 is 2.48 bits per heavy atom. The molecule has 1 unspecified atom stereocenters. The summed E-state index contributed by atoms with van der Waals surface area (Å²) in [5.41, 5.74) is 4.76. The predicted octanol–water partition coefficient (Wildman–Crippen LogP) is 4.25. The van der Waals surface area contributed by atoms with Crippen LogP contribution in [0.3, 0.4) is 0 Å². The molecule has 1 fully saturated rings. The van der Waals surface area contributed by atoms with Crippen LogP contribution in [0.15, 0.2) is 42.5 Å². The highest BCUT2D eigenvalue weighted by Crippen LogP contribution is 2.33. The molecule has 0 spiro atoms. The average molecular weight is 326 g/mol. The number of carbonyl (C=O) groups excluding carboxylic acids is 2. The van der Waals surface area contributed by atoms with Gasteiger partial charge in [-0.3, -0.25) is 9.59 Å². The van der Waals surface area contributed by atoms with Gasteiger partial charge in [-0.05, 0) is 73.5 Å². The van der Waals surface area contributed by atoms with E-state index in [1.807, 2.05) is 63.2 Å². The fourth-order valence-electron chi connectivity index (χ4n) is 2.49. The number of carbonyl (C=O) groups is 2. The topological polar surface area (TPSA) is 49.4 Å². The molecule has 2 aromatic rings. The summed E-state index contributed by atoms with van der Waals surface area (Å²) in [6.45, 7) is 5.96. The average Bonchev–Trinajstić information content (AvgIpc) is 2.77. The predicted molar refractivity (Wildman–Crippen MR) is 95.0 cm³/mol. The lowest BCUT2D eigenvalue weighted by Crippen LogP contribution is -2.34. The van der Waals surface area contributed by atoms with Gasteiger partial charge in [-0.25, -0.2) is 4.90 Å². The quantitative estimate of drug-likeness (QED) is 0.916. The second kappa shape index (κ2) is 6.08. The van der Waals surface area contributed by atoms with E-state index in [4.69, 9.17) is 0 Å². The lowest BCUT2D eigenvalue weighted by molar-refractivity contribution is -0.116. The standard InChI is InChI=1S/C18H18N2O2S/c1-11-5-4-6-14(9-11)19-16-17(21)20(18(22)23-16)15-8-7-12(2)13(3)10-15/h4-10,16,19H,1-3H3. The summed E-state index contributed by atoms with van der Waals surface area (Å²) in [4.78, 5) is 26.2. The summed E-state index contributed by atoms with van der Waals surface area (Å²) >= 11 is 1.01. The molecule has 1 aliphatic rings. The largest absolute Gasteiger partial charge is 0.365 e. The molecule has 0 aromatic heterocycles. The molecule has 2 aromatic carbocycles. The van der Waals surface area contributed by atoms with Crippen molar-refractivity contribution in [1.29, 1.82) is 0 Å². The molecule has 2 amide bonds. The molecular formula is C18H18N2O2S. The molecule has 4 nitrogen and oxygen atoms in total. The second-order valence-electron chi connectivity index (χ2n) is 5.72. The Balaban J connectivity index is 1.83. The van der Waals surface area contributed by atoms with Crippen LogP contribution in [0.1, 0.15) is 16.7 Å². The van der Waals surface area contributed by atoms with E-state index in [9.17, 15) is 9.59 Å². The monoisotopic (exact) mass is 326 g/mol.